The molecule has 1 unspecified atom stereocenters. The van der Waals surface area contributed by atoms with Crippen LogP contribution in [0.1, 0.15) is 33.6 Å². The number of sulfone groups is 1. The third-order valence-electron chi connectivity index (χ3n) is 2.22. The van der Waals surface area contributed by atoms with Gasteiger partial charge in [0.1, 0.15) is 0 Å². The smallest absolute Gasteiger partial charge is 0.321 e. The highest BCUT2D eigenvalue weighted by atomic mass is 32.2. The molecule has 78 valence electrons. The molecule has 4 nitrogen and oxygen atoms in total. The van der Waals surface area contributed by atoms with Gasteiger partial charge in [-0.1, -0.05) is 13.8 Å². The molecule has 0 aliphatic carbocycles. The maximum Gasteiger partial charge on any atom is 0.321 e. The second-order valence-electron chi connectivity index (χ2n) is 3.01. The molecular weight excluding hydrogens is 192 g/mol. The summed E-state index contributed by atoms with van der Waals surface area (Å²) in [5, 5.41) is 6.76. The van der Waals surface area contributed by atoms with Crippen molar-refractivity contribution in [1.29, 1.82) is 0 Å². The standard InChI is InChI=1S/C8H16O4S/c1-4-7(5-2)13(11,12)6(3)8(9)10/h6-7H,4-5H2,1-3H3,(H,9,10). The van der Waals surface area contributed by atoms with Crippen molar-refractivity contribution in [3.05, 3.63) is 0 Å². The molecule has 0 fully saturated rings. The molecule has 5 heteroatoms. The van der Waals surface area contributed by atoms with Crippen LogP contribution >= 0.6 is 0 Å². The summed E-state index contributed by atoms with van der Waals surface area (Å²) in [5.41, 5.74) is 0. The molecule has 0 aliphatic heterocycles. The molecule has 0 saturated heterocycles. The third-order valence-corrected chi connectivity index (χ3v) is 5.00. The fraction of sp³-hybridized carbons (Fsp3) is 0.875. The van der Waals surface area contributed by atoms with Crippen LogP contribution < -0.4 is 0 Å². The van der Waals surface area contributed by atoms with Crippen molar-refractivity contribution in [2.45, 2.75) is 44.1 Å². The summed E-state index contributed by atoms with van der Waals surface area (Å²) in [7, 11) is -3.50. The zero-order valence-electron chi connectivity index (χ0n) is 8.15. The molecule has 0 radical (unpaired) electrons. The monoisotopic (exact) mass is 208 g/mol. The predicted molar refractivity (Wildman–Crippen MR) is 50.4 cm³/mol. The summed E-state index contributed by atoms with van der Waals surface area (Å²) in [5.74, 6) is -1.27. The minimum absolute atomic E-state index is 0.469. The van der Waals surface area contributed by atoms with Crippen LogP contribution in [0.5, 0.6) is 0 Å². The molecule has 0 aromatic carbocycles. The Hall–Kier alpha value is -0.580. The molecule has 0 heterocycles. The number of aliphatic carboxylic acids is 1. The second-order valence-corrected chi connectivity index (χ2v) is 5.56. The van der Waals surface area contributed by atoms with Gasteiger partial charge >= 0.3 is 5.97 Å². The minimum Gasteiger partial charge on any atom is -0.480 e. The van der Waals surface area contributed by atoms with Crippen molar-refractivity contribution in [2.24, 2.45) is 0 Å². The lowest BCUT2D eigenvalue weighted by Crippen LogP contribution is -2.34. The van der Waals surface area contributed by atoms with Gasteiger partial charge in [0, 0.05) is 0 Å². The molecule has 0 aromatic heterocycles. The lowest BCUT2D eigenvalue weighted by molar-refractivity contribution is -0.136. The van der Waals surface area contributed by atoms with Crippen LogP contribution in [-0.2, 0) is 14.6 Å². The zero-order chi connectivity index (χ0) is 10.6. The van der Waals surface area contributed by atoms with Crippen LogP contribution in [-0.4, -0.2) is 30.0 Å². The molecule has 13 heavy (non-hydrogen) atoms. The number of carboxylic acids is 1. The van der Waals surface area contributed by atoms with E-state index in [1.807, 2.05) is 0 Å². The highest BCUT2D eigenvalue weighted by Gasteiger charge is 2.33. The van der Waals surface area contributed by atoms with E-state index in [1.165, 1.54) is 6.92 Å². The van der Waals surface area contributed by atoms with E-state index in [2.05, 4.69) is 0 Å². The third kappa shape index (κ3) is 2.69. The second kappa shape index (κ2) is 4.60. The molecule has 0 spiro atoms. The quantitative estimate of drug-likeness (QED) is 0.733. The Morgan fingerprint density at radius 1 is 1.31 bits per heavy atom. The predicted octanol–water partition coefficient (Wildman–Crippen LogP) is 1.06. The molecule has 0 aliphatic rings. The number of carbonyl (C=O) groups is 1. The highest BCUT2D eigenvalue weighted by molar-refractivity contribution is 7.93. The molecular formula is C8H16O4S. The molecule has 1 atom stereocenters. The normalized spacial score (nSPS) is 14.5. The van der Waals surface area contributed by atoms with Crippen LogP contribution in [0.25, 0.3) is 0 Å². The van der Waals surface area contributed by atoms with Crippen molar-refractivity contribution in [3.8, 4) is 0 Å². The van der Waals surface area contributed by atoms with Gasteiger partial charge in [-0.05, 0) is 19.8 Å². The molecule has 1 N–H and O–H groups in total. The van der Waals surface area contributed by atoms with E-state index < -0.39 is 26.3 Å². The summed E-state index contributed by atoms with van der Waals surface area (Å²) in [6, 6.07) is 0. The van der Waals surface area contributed by atoms with Gasteiger partial charge in [-0.3, -0.25) is 4.79 Å². The topological polar surface area (TPSA) is 71.4 Å². The van der Waals surface area contributed by atoms with E-state index in [-0.39, 0.29) is 0 Å². The number of rotatable bonds is 5. The average Bonchev–Trinajstić information content (AvgIpc) is 2.04. The Bertz CT molecular complexity index is 264. The molecule has 0 bridgehead atoms. The fourth-order valence-corrected chi connectivity index (χ4v) is 2.97. The van der Waals surface area contributed by atoms with E-state index in [0.717, 1.165) is 0 Å². The van der Waals surface area contributed by atoms with E-state index in [0.29, 0.717) is 12.8 Å². The van der Waals surface area contributed by atoms with E-state index in [9.17, 15) is 13.2 Å². The first kappa shape index (κ1) is 12.4. The summed E-state index contributed by atoms with van der Waals surface area (Å²) in [6.07, 6.45) is 0.937. The maximum atomic E-state index is 11.6. The Labute approximate surface area is 78.9 Å². The lowest BCUT2D eigenvalue weighted by atomic mass is 10.3. The maximum absolute atomic E-state index is 11.6. The van der Waals surface area contributed by atoms with Gasteiger partial charge in [0.15, 0.2) is 15.1 Å². The fourth-order valence-electron chi connectivity index (χ4n) is 1.18. The van der Waals surface area contributed by atoms with Crippen LogP contribution in [0.15, 0.2) is 0 Å². The zero-order valence-corrected chi connectivity index (χ0v) is 8.97. The van der Waals surface area contributed by atoms with Gasteiger partial charge in [0.05, 0.1) is 5.25 Å². The summed E-state index contributed by atoms with van der Waals surface area (Å²) in [6.45, 7) is 4.72. The van der Waals surface area contributed by atoms with Gasteiger partial charge in [-0.2, -0.15) is 0 Å². The van der Waals surface area contributed by atoms with E-state index >= 15 is 0 Å². The van der Waals surface area contributed by atoms with Crippen LogP contribution in [0.2, 0.25) is 0 Å². The Balaban J connectivity index is 4.84. The lowest BCUT2D eigenvalue weighted by Gasteiger charge is -2.16. The van der Waals surface area contributed by atoms with Crippen LogP contribution in [0.4, 0.5) is 0 Å². The summed E-state index contributed by atoms with van der Waals surface area (Å²) < 4.78 is 23.1. The SMILES string of the molecule is CCC(CC)S(=O)(=O)C(C)C(=O)O. The molecule has 0 amide bonds. The number of hydrogen-bond acceptors (Lipinski definition) is 3. The Kier molecular flexibility index (Phi) is 4.39. The Morgan fingerprint density at radius 3 is 1.92 bits per heavy atom. The summed E-state index contributed by atoms with van der Waals surface area (Å²) in [4.78, 5) is 10.5. The first-order valence-electron chi connectivity index (χ1n) is 4.33. The minimum atomic E-state index is -3.50. The van der Waals surface area contributed by atoms with Crippen LogP contribution in [0, 0.1) is 0 Å². The van der Waals surface area contributed by atoms with E-state index in [1.54, 1.807) is 13.8 Å². The van der Waals surface area contributed by atoms with Crippen LogP contribution in [0.3, 0.4) is 0 Å². The number of hydrogen-bond donors (Lipinski definition) is 1. The molecule has 0 rings (SSSR count). The van der Waals surface area contributed by atoms with Gasteiger partial charge in [0.2, 0.25) is 0 Å². The highest BCUT2D eigenvalue weighted by Crippen LogP contribution is 2.15. The first-order chi connectivity index (χ1) is 5.87. The molecule has 0 aromatic rings. The molecule has 0 saturated carbocycles. The van der Waals surface area contributed by atoms with Crippen molar-refractivity contribution in [1.82, 2.24) is 0 Å². The largest absolute Gasteiger partial charge is 0.480 e. The van der Waals surface area contributed by atoms with E-state index in [4.69, 9.17) is 5.11 Å². The average molecular weight is 208 g/mol. The van der Waals surface area contributed by atoms with Crippen molar-refractivity contribution < 1.29 is 18.3 Å². The Morgan fingerprint density at radius 2 is 1.69 bits per heavy atom. The summed E-state index contributed by atoms with van der Waals surface area (Å²) >= 11 is 0. The number of carboxylic acid groups (broad SMARTS) is 1. The van der Waals surface area contributed by atoms with Crippen molar-refractivity contribution in [2.75, 3.05) is 0 Å². The van der Waals surface area contributed by atoms with Gasteiger partial charge in [-0.15, -0.1) is 0 Å². The van der Waals surface area contributed by atoms with Gasteiger partial charge < -0.3 is 5.11 Å². The van der Waals surface area contributed by atoms with Crippen molar-refractivity contribution >= 4 is 15.8 Å². The van der Waals surface area contributed by atoms with Gasteiger partial charge in [0.25, 0.3) is 0 Å². The van der Waals surface area contributed by atoms with Crippen molar-refractivity contribution in [3.63, 3.8) is 0 Å². The first-order valence-corrected chi connectivity index (χ1v) is 5.94. The van der Waals surface area contributed by atoms with Gasteiger partial charge in [-0.25, -0.2) is 8.42 Å².